The predicted molar refractivity (Wildman–Crippen MR) is 95.4 cm³/mol. The third-order valence-electron chi connectivity index (χ3n) is 4.08. The molecule has 1 aliphatic heterocycles. The van der Waals surface area contributed by atoms with Crippen LogP contribution < -0.4 is 4.90 Å². The first-order valence-electron chi connectivity index (χ1n) is 7.65. The van der Waals surface area contributed by atoms with Crippen LogP contribution in [-0.4, -0.2) is 37.0 Å². The van der Waals surface area contributed by atoms with Crippen molar-refractivity contribution in [1.29, 1.82) is 0 Å². The molecule has 1 fully saturated rings. The second-order valence-corrected chi connectivity index (χ2v) is 6.47. The molecule has 5 heteroatoms. The summed E-state index contributed by atoms with van der Waals surface area (Å²) in [6.45, 7) is 2.93. The maximum absolute atomic E-state index is 12.4. The van der Waals surface area contributed by atoms with Gasteiger partial charge in [-0.25, -0.2) is 0 Å². The summed E-state index contributed by atoms with van der Waals surface area (Å²) >= 11 is 12.3. The predicted octanol–water partition coefficient (Wildman–Crippen LogP) is 3.88. The van der Waals surface area contributed by atoms with E-state index in [1.54, 1.807) is 6.07 Å². The van der Waals surface area contributed by atoms with E-state index in [4.69, 9.17) is 23.2 Å². The molecule has 0 unspecified atom stereocenters. The van der Waals surface area contributed by atoms with Gasteiger partial charge < -0.3 is 9.80 Å². The topological polar surface area (TPSA) is 23.6 Å². The highest BCUT2D eigenvalue weighted by Gasteiger charge is 2.22. The molecular weight excluding hydrogens is 331 g/mol. The highest BCUT2D eigenvalue weighted by molar-refractivity contribution is 6.35. The number of amides is 1. The van der Waals surface area contributed by atoms with Crippen molar-refractivity contribution in [3.05, 3.63) is 64.1 Å². The van der Waals surface area contributed by atoms with Crippen LogP contribution in [0.2, 0.25) is 10.0 Å². The molecule has 2 aromatic carbocycles. The summed E-state index contributed by atoms with van der Waals surface area (Å²) in [5.74, 6) is 0.174. The Balaban J connectivity index is 1.60. The van der Waals surface area contributed by atoms with Crippen LogP contribution in [0.25, 0.3) is 0 Å². The minimum absolute atomic E-state index is 0.174. The van der Waals surface area contributed by atoms with E-state index in [0.29, 0.717) is 29.6 Å². The lowest BCUT2D eigenvalue weighted by Crippen LogP contribution is -2.49. The van der Waals surface area contributed by atoms with Gasteiger partial charge in [-0.05, 0) is 23.8 Å². The summed E-state index contributed by atoms with van der Waals surface area (Å²) in [6.07, 6.45) is 0.457. The lowest BCUT2D eigenvalue weighted by Gasteiger charge is -2.36. The number of piperazine rings is 1. The Bertz CT molecular complexity index is 683. The lowest BCUT2D eigenvalue weighted by atomic mass is 10.1. The van der Waals surface area contributed by atoms with Gasteiger partial charge in [0.1, 0.15) is 0 Å². The Labute approximate surface area is 146 Å². The molecule has 1 amide bonds. The van der Waals surface area contributed by atoms with E-state index < -0.39 is 0 Å². The zero-order valence-electron chi connectivity index (χ0n) is 12.7. The van der Waals surface area contributed by atoms with Gasteiger partial charge in [-0.15, -0.1) is 0 Å². The van der Waals surface area contributed by atoms with Crippen molar-refractivity contribution >= 4 is 34.8 Å². The summed E-state index contributed by atoms with van der Waals surface area (Å²) in [4.78, 5) is 16.5. The van der Waals surface area contributed by atoms with Crippen LogP contribution in [-0.2, 0) is 11.2 Å². The normalized spacial score (nSPS) is 14.9. The van der Waals surface area contributed by atoms with Crippen molar-refractivity contribution in [2.45, 2.75) is 6.42 Å². The third-order valence-corrected chi connectivity index (χ3v) is 4.63. The van der Waals surface area contributed by atoms with Gasteiger partial charge in [0.2, 0.25) is 5.91 Å². The number of hydrogen-bond acceptors (Lipinski definition) is 2. The first kappa shape index (κ1) is 16.2. The second kappa shape index (κ2) is 7.24. The Morgan fingerprint density at radius 3 is 2.35 bits per heavy atom. The van der Waals surface area contributed by atoms with Crippen LogP contribution in [0.1, 0.15) is 5.56 Å². The minimum Gasteiger partial charge on any atom is -0.367 e. The molecule has 0 aliphatic carbocycles. The number of halogens is 2. The molecule has 1 heterocycles. The van der Waals surface area contributed by atoms with Crippen molar-refractivity contribution < 1.29 is 4.79 Å². The average Bonchev–Trinajstić information content (AvgIpc) is 2.58. The highest BCUT2D eigenvalue weighted by Crippen LogP contribution is 2.29. The second-order valence-electron chi connectivity index (χ2n) is 5.63. The number of carbonyl (C=O) groups is 1. The third kappa shape index (κ3) is 3.98. The van der Waals surface area contributed by atoms with Gasteiger partial charge in [0.05, 0.1) is 17.1 Å². The van der Waals surface area contributed by atoms with Gasteiger partial charge in [-0.3, -0.25) is 4.79 Å². The molecule has 0 bridgehead atoms. The maximum Gasteiger partial charge on any atom is 0.227 e. The fourth-order valence-corrected chi connectivity index (χ4v) is 3.21. The van der Waals surface area contributed by atoms with Crippen molar-refractivity contribution in [3.8, 4) is 0 Å². The van der Waals surface area contributed by atoms with Gasteiger partial charge in [-0.2, -0.15) is 0 Å². The Hall–Kier alpha value is -1.71. The van der Waals surface area contributed by atoms with Crippen molar-refractivity contribution in [1.82, 2.24) is 4.90 Å². The van der Waals surface area contributed by atoms with Crippen molar-refractivity contribution in [2.24, 2.45) is 0 Å². The Morgan fingerprint density at radius 1 is 0.957 bits per heavy atom. The van der Waals surface area contributed by atoms with Gasteiger partial charge in [0, 0.05) is 31.2 Å². The van der Waals surface area contributed by atoms with Crippen LogP contribution in [0.3, 0.4) is 0 Å². The van der Waals surface area contributed by atoms with E-state index in [1.165, 1.54) is 0 Å². The molecule has 120 valence electrons. The van der Waals surface area contributed by atoms with Gasteiger partial charge in [-0.1, -0.05) is 53.5 Å². The highest BCUT2D eigenvalue weighted by atomic mass is 35.5. The molecule has 3 rings (SSSR count). The fourth-order valence-electron chi connectivity index (χ4n) is 2.81. The SMILES string of the molecule is O=C(Cc1ccccc1)N1CCN(c2cc(Cl)ccc2Cl)CC1. The van der Waals surface area contributed by atoms with E-state index in [0.717, 1.165) is 24.3 Å². The summed E-state index contributed by atoms with van der Waals surface area (Å²) in [7, 11) is 0. The quantitative estimate of drug-likeness (QED) is 0.840. The first-order chi connectivity index (χ1) is 11.1. The van der Waals surface area contributed by atoms with E-state index >= 15 is 0 Å². The van der Waals surface area contributed by atoms with E-state index in [9.17, 15) is 4.79 Å². The average molecular weight is 349 g/mol. The molecule has 0 spiro atoms. The van der Waals surface area contributed by atoms with Crippen LogP contribution >= 0.6 is 23.2 Å². The zero-order valence-corrected chi connectivity index (χ0v) is 14.2. The van der Waals surface area contributed by atoms with Crippen LogP contribution in [0.5, 0.6) is 0 Å². The number of benzene rings is 2. The number of nitrogens with zero attached hydrogens (tertiary/aromatic N) is 2. The summed E-state index contributed by atoms with van der Waals surface area (Å²) in [6, 6.07) is 15.3. The Kier molecular flexibility index (Phi) is 5.09. The number of rotatable bonds is 3. The Morgan fingerprint density at radius 2 is 1.65 bits per heavy atom. The summed E-state index contributed by atoms with van der Waals surface area (Å²) in [5.41, 5.74) is 1.99. The summed E-state index contributed by atoms with van der Waals surface area (Å²) in [5, 5.41) is 1.37. The maximum atomic E-state index is 12.4. The van der Waals surface area contributed by atoms with Crippen molar-refractivity contribution in [3.63, 3.8) is 0 Å². The molecule has 0 N–H and O–H groups in total. The number of carbonyl (C=O) groups excluding carboxylic acids is 1. The minimum atomic E-state index is 0.174. The first-order valence-corrected chi connectivity index (χ1v) is 8.41. The van der Waals surface area contributed by atoms with Gasteiger partial charge in [0.25, 0.3) is 0 Å². The summed E-state index contributed by atoms with van der Waals surface area (Å²) < 4.78 is 0. The van der Waals surface area contributed by atoms with E-state index in [-0.39, 0.29) is 5.91 Å². The molecule has 1 saturated heterocycles. The van der Waals surface area contributed by atoms with Crippen LogP contribution in [0.15, 0.2) is 48.5 Å². The molecule has 0 atom stereocenters. The monoisotopic (exact) mass is 348 g/mol. The molecular formula is C18H18Cl2N2O. The molecule has 1 aliphatic rings. The molecule has 0 aromatic heterocycles. The molecule has 23 heavy (non-hydrogen) atoms. The largest absolute Gasteiger partial charge is 0.367 e. The van der Waals surface area contributed by atoms with E-state index in [1.807, 2.05) is 47.4 Å². The molecule has 3 nitrogen and oxygen atoms in total. The van der Waals surface area contributed by atoms with Crippen LogP contribution in [0, 0.1) is 0 Å². The number of anilines is 1. The standard InChI is InChI=1S/C18H18Cl2N2O/c19-15-6-7-16(20)17(13-15)21-8-10-22(11-9-21)18(23)12-14-4-2-1-3-5-14/h1-7,13H,8-12H2. The zero-order chi connectivity index (χ0) is 16.2. The van der Waals surface area contributed by atoms with Gasteiger partial charge in [0.15, 0.2) is 0 Å². The molecule has 2 aromatic rings. The fraction of sp³-hybridized carbons (Fsp3) is 0.278. The molecule has 0 radical (unpaired) electrons. The van der Waals surface area contributed by atoms with Crippen molar-refractivity contribution in [2.75, 3.05) is 31.1 Å². The number of hydrogen-bond donors (Lipinski definition) is 0. The lowest BCUT2D eigenvalue weighted by molar-refractivity contribution is -0.130. The molecule has 0 saturated carbocycles. The van der Waals surface area contributed by atoms with E-state index in [2.05, 4.69) is 4.90 Å². The smallest absolute Gasteiger partial charge is 0.227 e. The van der Waals surface area contributed by atoms with Gasteiger partial charge >= 0.3 is 0 Å². The van der Waals surface area contributed by atoms with Crippen LogP contribution in [0.4, 0.5) is 5.69 Å².